The molecule has 0 aliphatic carbocycles. The minimum absolute atomic E-state index is 0.0798. The molecule has 0 heterocycles. The molecule has 1 aromatic rings. The Morgan fingerprint density at radius 2 is 1.83 bits per heavy atom. The van der Waals surface area contributed by atoms with Gasteiger partial charge in [-0.25, -0.2) is 18.4 Å². The molecule has 1 aromatic carbocycles. The second-order valence-electron chi connectivity index (χ2n) is 3.55. The van der Waals surface area contributed by atoms with Gasteiger partial charge in [-0.15, -0.1) is 0 Å². The molecule has 0 fully saturated rings. The highest BCUT2D eigenvalue weighted by Gasteiger charge is 2.21. The maximum absolute atomic E-state index is 12.2. The Morgan fingerprint density at radius 1 is 1.22 bits per heavy atom. The van der Waals surface area contributed by atoms with Gasteiger partial charge in [0.05, 0.1) is 11.1 Å². The number of aromatic carboxylic acids is 2. The van der Waals surface area contributed by atoms with Crippen molar-refractivity contribution < 1.29 is 28.6 Å². The predicted octanol–water partition coefficient (Wildman–Crippen LogP) is 2.71. The second kappa shape index (κ2) is 5.81. The van der Waals surface area contributed by atoms with Crippen molar-refractivity contribution >= 4 is 24.6 Å². The fourth-order valence-corrected chi connectivity index (χ4v) is 1.85. The Bertz CT molecular complexity index is 476. The standard InChI is InChI=1S/C11H10F2O4S/c12-9(13)4-8(18)6-2-1-5(10(14)15)3-7(6)11(16)17/h1-3,8-9,18H,4H2,(H,14,15)(H,16,17). The monoisotopic (exact) mass is 276 g/mol. The molecule has 1 rings (SSSR count). The Hall–Kier alpha value is -1.63. The molecule has 0 bridgehead atoms. The average molecular weight is 276 g/mol. The molecular formula is C11H10F2O4S. The summed E-state index contributed by atoms with van der Waals surface area (Å²) in [5, 5.41) is 16.7. The molecule has 0 saturated carbocycles. The number of alkyl halides is 2. The van der Waals surface area contributed by atoms with E-state index in [0.29, 0.717) is 0 Å². The van der Waals surface area contributed by atoms with Gasteiger partial charge in [0.25, 0.3) is 0 Å². The lowest BCUT2D eigenvalue weighted by Crippen LogP contribution is -2.09. The van der Waals surface area contributed by atoms with Crippen molar-refractivity contribution in [1.29, 1.82) is 0 Å². The van der Waals surface area contributed by atoms with Gasteiger partial charge < -0.3 is 10.2 Å². The second-order valence-corrected chi connectivity index (χ2v) is 4.18. The lowest BCUT2D eigenvalue weighted by atomic mass is 9.99. The van der Waals surface area contributed by atoms with E-state index in [1.54, 1.807) is 0 Å². The van der Waals surface area contributed by atoms with E-state index in [2.05, 4.69) is 12.6 Å². The first-order valence-electron chi connectivity index (χ1n) is 4.89. The maximum Gasteiger partial charge on any atom is 0.336 e. The lowest BCUT2D eigenvalue weighted by Gasteiger charge is -2.13. The average Bonchev–Trinajstić information content (AvgIpc) is 2.26. The van der Waals surface area contributed by atoms with Gasteiger partial charge in [-0.2, -0.15) is 12.6 Å². The van der Waals surface area contributed by atoms with Crippen LogP contribution in [0.1, 0.15) is 38.0 Å². The Morgan fingerprint density at radius 3 is 2.28 bits per heavy atom. The first-order chi connectivity index (χ1) is 8.32. The number of carbonyl (C=O) groups is 2. The predicted molar refractivity (Wildman–Crippen MR) is 62.7 cm³/mol. The molecule has 0 radical (unpaired) electrons. The summed E-state index contributed by atoms with van der Waals surface area (Å²) >= 11 is 3.92. The maximum atomic E-state index is 12.2. The van der Waals surface area contributed by atoms with Gasteiger partial charge in [0.2, 0.25) is 6.43 Å². The first-order valence-corrected chi connectivity index (χ1v) is 5.41. The van der Waals surface area contributed by atoms with E-state index in [0.717, 1.165) is 6.07 Å². The molecule has 7 heteroatoms. The molecular weight excluding hydrogens is 266 g/mol. The largest absolute Gasteiger partial charge is 0.478 e. The Labute approximate surface area is 107 Å². The Balaban J connectivity index is 3.19. The van der Waals surface area contributed by atoms with E-state index in [1.165, 1.54) is 12.1 Å². The number of hydrogen-bond acceptors (Lipinski definition) is 3. The summed E-state index contributed by atoms with van der Waals surface area (Å²) in [6.45, 7) is 0. The van der Waals surface area contributed by atoms with Crippen LogP contribution in [0.25, 0.3) is 0 Å². The molecule has 1 atom stereocenters. The van der Waals surface area contributed by atoms with Crippen molar-refractivity contribution in [3.05, 3.63) is 34.9 Å². The van der Waals surface area contributed by atoms with Gasteiger partial charge in [-0.3, -0.25) is 0 Å². The molecule has 18 heavy (non-hydrogen) atoms. The van der Waals surface area contributed by atoms with Crippen molar-refractivity contribution in [2.75, 3.05) is 0 Å². The first kappa shape index (κ1) is 14.4. The molecule has 0 spiro atoms. The van der Waals surface area contributed by atoms with Crippen LogP contribution in [0.3, 0.4) is 0 Å². The number of hydrogen-bond donors (Lipinski definition) is 3. The number of benzene rings is 1. The molecule has 0 aliphatic rings. The summed E-state index contributed by atoms with van der Waals surface area (Å²) in [6.07, 6.45) is -3.22. The SMILES string of the molecule is O=C(O)c1ccc(C(S)CC(F)F)c(C(=O)O)c1. The van der Waals surface area contributed by atoms with Gasteiger partial charge in [-0.05, 0) is 17.7 Å². The minimum atomic E-state index is -2.62. The molecule has 1 unspecified atom stereocenters. The third kappa shape index (κ3) is 3.43. The van der Waals surface area contributed by atoms with E-state index in [-0.39, 0.29) is 16.7 Å². The van der Waals surface area contributed by atoms with Crippen LogP contribution in [0.15, 0.2) is 18.2 Å². The van der Waals surface area contributed by atoms with E-state index in [4.69, 9.17) is 10.2 Å². The van der Waals surface area contributed by atoms with Crippen LogP contribution in [-0.4, -0.2) is 28.6 Å². The zero-order valence-corrected chi connectivity index (χ0v) is 9.90. The normalized spacial score (nSPS) is 12.4. The highest BCUT2D eigenvalue weighted by atomic mass is 32.1. The fourth-order valence-electron chi connectivity index (χ4n) is 1.46. The minimum Gasteiger partial charge on any atom is -0.478 e. The Kier molecular flexibility index (Phi) is 4.66. The quantitative estimate of drug-likeness (QED) is 0.723. The lowest BCUT2D eigenvalue weighted by molar-refractivity contribution is 0.0694. The van der Waals surface area contributed by atoms with Gasteiger partial charge in [0, 0.05) is 11.7 Å². The van der Waals surface area contributed by atoms with Crippen LogP contribution in [0.4, 0.5) is 8.78 Å². The van der Waals surface area contributed by atoms with Gasteiger partial charge in [0.1, 0.15) is 0 Å². The molecule has 4 nitrogen and oxygen atoms in total. The summed E-state index contributed by atoms with van der Waals surface area (Å²) in [6, 6.07) is 3.31. The molecule has 98 valence electrons. The number of rotatable bonds is 5. The smallest absolute Gasteiger partial charge is 0.336 e. The topological polar surface area (TPSA) is 74.6 Å². The molecule has 0 aliphatic heterocycles. The van der Waals surface area contributed by atoms with Crippen LogP contribution >= 0.6 is 12.6 Å². The van der Waals surface area contributed by atoms with Gasteiger partial charge in [0.15, 0.2) is 0 Å². The third-order valence-electron chi connectivity index (χ3n) is 2.29. The molecule has 0 saturated heterocycles. The van der Waals surface area contributed by atoms with E-state index in [1.807, 2.05) is 0 Å². The number of carboxylic acids is 2. The van der Waals surface area contributed by atoms with Crippen molar-refractivity contribution in [2.24, 2.45) is 0 Å². The van der Waals surface area contributed by atoms with Crippen molar-refractivity contribution in [3.63, 3.8) is 0 Å². The highest BCUT2D eigenvalue weighted by Crippen LogP contribution is 2.30. The fraction of sp³-hybridized carbons (Fsp3) is 0.273. The van der Waals surface area contributed by atoms with E-state index in [9.17, 15) is 18.4 Å². The number of halogens is 2. The van der Waals surface area contributed by atoms with Crippen LogP contribution in [0, 0.1) is 0 Å². The van der Waals surface area contributed by atoms with Crippen molar-refractivity contribution in [1.82, 2.24) is 0 Å². The third-order valence-corrected chi connectivity index (χ3v) is 2.78. The molecule has 0 amide bonds. The van der Waals surface area contributed by atoms with Crippen LogP contribution < -0.4 is 0 Å². The van der Waals surface area contributed by atoms with Crippen LogP contribution in [0.2, 0.25) is 0 Å². The van der Waals surface area contributed by atoms with Gasteiger partial charge >= 0.3 is 11.9 Å². The molecule has 0 aromatic heterocycles. The zero-order chi connectivity index (χ0) is 13.9. The summed E-state index contributed by atoms with van der Waals surface area (Å²) in [5.41, 5.74) is -0.458. The summed E-state index contributed by atoms with van der Waals surface area (Å²) in [7, 11) is 0. The van der Waals surface area contributed by atoms with Gasteiger partial charge in [-0.1, -0.05) is 6.07 Å². The van der Waals surface area contributed by atoms with E-state index >= 15 is 0 Å². The van der Waals surface area contributed by atoms with E-state index < -0.39 is 30.0 Å². The van der Waals surface area contributed by atoms with Crippen molar-refractivity contribution in [2.45, 2.75) is 18.1 Å². The van der Waals surface area contributed by atoms with Crippen LogP contribution in [0.5, 0.6) is 0 Å². The zero-order valence-electron chi connectivity index (χ0n) is 9.01. The summed E-state index contributed by atoms with van der Waals surface area (Å²) in [5.74, 6) is -2.66. The summed E-state index contributed by atoms with van der Waals surface area (Å²) < 4.78 is 24.4. The molecule has 2 N–H and O–H groups in total. The number of thiol groups is 1. The van der Waals surface area contributed by atoms with Crippen molar-refractivity contribution in [3.8, 4) is 0 Å². The summed E-state index contributed by atoms with van der Waals surface area (Å²) in [4.78, 5) is 21.7. The number of carboxylic acid groups (broad SMARTS) is 2. The van der Waals surface area contributed by atoms with Crippen LogP contribution in [-0.2, 0) is 0 Å². The highest BCUT2D eigenvalue weighted by molar-refractivity contribution is 7.80.